The number of carbonyl (C=O) groups is 1. The van der Waals surface area contributed by atoms with Crippen molar-refractivity contribution in [1.82, 2.24) is 0 Å². The first kappa shape index (κ1) is 8.86. The van der Waals surface area contributed by atoms with Gasteiger partial charge in [0.25, 0.3) is 6.08 Å². The summed E-state index contributed by atoms with van der Waals surface area (Å²) in [6, 6.07) is -0.943. The van der Waals surface area contributed by atoms with Crippen molar-refractivity contribution in [3.8, 4) is 0 Å². The van der Waals surface area contributed by atoms with Crippen molar-refractivity contribution < 1.29 is 18.7 Å². The fourth-order valence-corrected chi connectivity index (χ4v) is 1.04. The highest BCUT2D eigenvalue weighted by Gasteiger charge is 2.25. The van der Waals surface area contributed by atoms with Crippen LogP contribution in [0.1, 0.15) is 6.42 Å². The Labute approximate surface area is 67.2 Å². The van der Waals surface area contributed by atoms with Crippen LogP contribution in [0.5, 0.6) is 0 Å². The van der Waals surface area contributed by atoms with E-state index in [1.54, 1.807) is 0 Å². The predicted octanol–water partition coefficient (Wildman–Crippen LogP) is 0.879. The molecule has 0 spiro atoms. The van der Waals surface area contributed by atoms with Crippen LogP contribution in [0.3, 0.4) is 0 Å². The Hall–Kier alpha value is -1.23. The van der Waals surface area contributed by atoms with Gasteiger partial charge in [-0.3, -0.25) is 0 Å². The zero-order valence-corrected chi connectivity index (χ0v) is 6.05. The average molecular weight is 175 g/mol. The first-order valence-electron chi connectivity index (χ1n) is 3.26. The summed E-state index contributed by atoms with van der Waals surface area (Å²) in [6.07, 6.45) is -0.995. The van der Waals surface area contributed by atoms with E-state index in [0.717, 1.165) is 6.08 Å². The van der Waals surface area contributed by atoms with Gasteiger partial charge in [0.2, 0.25) is 0 Å². The highest BCUT2D eigenvalue weighted by molar-refractivity contribution is 5.88. The highest BCUT2D eigenvalue weighted by Crippen LogP contribution is 2.27. The summed E-state index contributed by atoms with van der Waals surface area (Å²) < 4.78 is 24.0. The minimum atomic E-state index is -1.88. The van der Waals surface area contributed by atoms with Crippen molar-refractivity contribution >= 4 is 5.97 Å². The van der Waals surface area contributed by atoms with Crippen LogP contribution in [-0.4, -0.2) is 17.1 Å². The van der Waals surface area contributed by atoms with Crippen LogP contribution in [0.2, 0.25) is 0 Å². The molecule has 12 heavy (non-hydrogen) atoms. The Kier molecular flexibility index (Phi) is 2.23. The Bertz CT molecular complexity index is 279. The van der Waals surface area contributed by atoms with Crippen LogP contribution in [0.15, 0.2) is 23.3 Å². The molecule has 0 amide bonds. The zero-order valence-electron chi connectivity index (χ0n) is 6.05. The second-order valence-electron chi connectivity index (χ2n) is 2.49. The van der Waals surface area contributed by atoms with Crippen molar-refractivity contribution in [3.63, 3.8) is 0 Å². The van der Waals surface area contributed by atoms with E-state index >= 15 is 0 Å². The molecule has 1 rings (SSSR count). The van der Waals surface area contributed by atoms with E-state index in [4.69, 9.17) is 10.8 Å². The first-order valence-corrected chi connectivity index (χ1v) is 3.26. The molecule has 0 aromatic rings. The van der Waals surface area contributed by atoms with E-state index in [9.17, 15) is 13.6 Å². The maximum atomic E-state index is 12.0. The second-order valence-corrected chi connectivity index (χ2v) is 2.49. The summed E-state index contributed by atoms with van der Waals surface area (Å²) in [6.45, 7) is 0. The second kappa shape index (κ2) is 3.02. The largest absolute Gasteiger partial charge is 0.478 e. The number of rotatable bonds is 1. The maximum absolute atomic E-state index is 12.0. The van der Waals surface area contributed by atoms with Crippen molar-refractivity contribution in [2.45, 2.75) is 12.5 Å². The van der Waals surface area contributed by atoms with E-state index in [1.165, 1.54) is 0 Å². The molecule has 1 atom stereocenters. The van der Waals surface area contributed by atoms with Gasteiger partial charge in [-0.15, -0.1) is 0 Å². The van der Waals surface area contributed by atoms with E-state index < -0.39 is 18.1 Å². The van der Waals surface area contributed by atoms with E-state index in [0.29, 0.717) is 0 Å². The van der Waals surface area contributed by atoms with E-state index in [1.807, 2.05) is 0 Å². The molecule has 0 saturated heterocycles. The smallest absolute Gasteiger partial charge is 0.331 e. The molecule has 0 radical (unpaired) electrons. The monoisotopic (exact) mass is 175 g/mol. The lowest BCUT2D eigenvalue weighted by atomic mass is 10.1. The third kappa shape index (κ3) is 1.50. The van der Waals surface area contributed by atoms with Gasteiger partial charge in [0.15, 0.2) is 0 Å². The minimum Gasteiger partial charge on any atom is -0.478 e. The molecule has 1 unspecified atom stereocenters. The molecule has 3 N–H and O–H groups in total. The number of hydrogen-bond donors (Lipinski definition) is 2. The van der Waals surface area contributed by atoms with Crippen LogP contribution in [0, 0.1) is 0 Å². The number of nitrogens with two attached hydrogens (primary N) is 1. The molecule has 3 nitrogen and oxygen atoms in total. The van der Waals surface area contributed by atoms with Gasteiger partial charge >= 0.3 is 5.97 Å². The van der Waals surface area contributed by atoms with Gasteiger partial charge < -0.3 is 10.8 Å². The van der Waals surface area contributed by atoms with Crippen LogP contribution in [0.4, 0.5) is 8.78 Å². The van der Waals surface area contributed by atoms with Crippen LogP contribution in [0.25, 0.3) is 0 Å². The lowest BCUT2D eigenvalue weighted by molar-refractivity contribution is -0.132. The molecule has 0 aliphatic heterocycles. The molecule has 0 heterocycles. The molecule has 66 valence electrons. The summed E-state index contributed by atoms with van der Waals surface area (Å²) in [5.41, 5.74) is 4.87. The summed E-state index contributed by atoms with van der Waals surface area (Å²) in [4.78, 5) is 10.3. The predicted molar refractivity (Wildman–Crippen MR) is 37.6 cm³/mol. The van der Waals surface area contributed by atoms with Gasteiger partial charge in [0.05, 0.1) is 6.04 Å². The molecular formula is C7H7F2NO2. The summed E-state index contributed by atoms with van der Waals surface area (Å²) in [7, 11) is 0. The van der Waals surface area contributed by atoms with Crippen molar-refractivity contribution in [3.05, 3.63) is 23.3 Å². The van der Waals surface area contributed by atoms with Gasteiger partial charge in [-0.1, -0.05) is 6.08 Å². The Morgan fingerprint density at radius 2 is 2.25 bits per heavy atom. The highest BCUT2D eigenvalue weighted by atomic mass is 19.3. The summed E-state index contributed by atoms with van der Waals surface area (Å²) in [5.74, 6) is -1.19. The topological polar surface area (TPSA) is 63.3 Å². The summed E-state index contributed by atoms with van der Waals surface area (Å²) >= 11 is 0. The molecule has 0 saturated carbocycles. The first-order chi connectivity index (χ1) is 5.52. The lowest BCUT2D eigenvalue weighted by Gasteiger charge is -2.00. The van der Waals surface area contributed by atoms with Gasteiger partial charge in [-0.25, -0.2) is 4.79 Å². The Morgan fingerprint density at radius 3 is 2.50 bits per heavy atom. The lowest BCUT2D eigenvalue weighted by Crippen LogP contribution is -2.16. The van der Waals surface area contributed by atoms with Crippen LogP contribution >= 0.6 is 0 Å². The quantitative estimate of drug-likeness (QED) is 0.621. The molecule has 0 aromatic heterocycles. The summed E-state index contributed by atoms with van der Waals surface area (Å²) in [5, 5.41) is 8.44. The molecule has 5 heteroatoms. The van der Waals surface area contributed by atoms with E-state index in [-0.39, 0.29) is 17.6 Å². The third-order valence-corrected chi connectivity index (χ3v) is 1.68. The van der Waals surface area contributed by atoms with Gasteiger partial charge in [-0.05, 0) is 0 Å². The normalized spacial score (nSPS) is 22.4. The zero-order chi connectivity index (χ0) is 9.30. The number of carboxylic acid groups (broad SMARTS) is 1. The SMILES string of the molecule is NC1C=C(C(=O)O)CC1=C(F)F. The van der Waals surface area contributed by atoms with E-state index in [2.05, 4.69) is 0 Å². The minimum absolute atomic E-state index is 0.0645. The molecule has 0 fully saturated rings. The number of hydrogen-bond acceptors (Lipinski definition) is 2. The molecule has 1 aliphatic rings. The fourth-order valence-electron chi connectivity index (χ4n) is 1.04. The third-order valence-electron chi connectivity index (χ3n) is 1.68. The van der Waals surface area contributed by atoms with Crippen LogP contribution < -0.4 is 5.73 Å². The molecular weight excluding hydrogens is 168 g/mol. The molecule has 0 bridgehead atoms. The standard InChI is InChI=1S/C7H7F2NO2/c8-6(9)4-1-3(7(11)12)2-5(4)10/h2,5H,1,10H2,(H,11,12). The van der Waals surface area contributed by atoms with Crippen LogP contribution in [-0.2, 0) is 4.79 Å². The Morgan fingerprint density at radius 1 is 1.67 bits per heavy atom. The van der Waals surface area contributed by atoms with Crippen molar-refractivity contribution in [2.24, 2.45) is 5.73 Å². The van der Waals surface area contributed by atoms with Gasteiger partial charge in [0, 0.05) is 17.6 Å². The number of aliphatic carboxylic acids is 1. The number of halogens is 2. The molecule has 1 aliphatic carbocycles. The fraction of sp³-hybridized carbons (Fsp3) is 0.286. The number of carboxylic acids is 1. The Balaban J connectivity index is 2.88. The van der Waals surface area contributed by atoms with Crippen molar-refractivity contribution in [2.75, 3.05) is 0 Å². The van der Waals surface area contributed by atoms with Crippen molar-refractivity contribution in [1.29, 1.82) is 0 Å². The molecule has 0 aromatic carbocycles. The van der Waals surface area contributed by atoms with Gasteiger partial charge in [-0.2, -0.15) is 8.78 Å². The van der Waals surface area contributed by atoms with Gasteiger partial charge in [0.1, 0.15) is 0 Å². The maximum Gasteiger partial charge on any atom is 0.331 e. The average Bonchev–Trinajstić information content (AvgIpc) is 2.30.